The van der Waals surface area contributed by atoms with Crippen molar-refractivity contribution in [1.82, 2.24) is 19.9 Å². The summed E-state index contributed by atoms with van der Waals surface area (Å²) in [5, 5.41) is 12.4. The zero-order valence-corrected chi connectivity index (χ0v) is 28.5. The number of nitrogens with one attached hydrogen (secondary N) is 1. The summed E-state index contributed by atoms with van der Waals surface area (Å²) >= 11 is 0. The van der Waals surface area contributed by atoms with E-state index in [1.54, 1.807) is 6.20 Å². The predicted molar refractivity (Wildman–Crippen MR) is 186 cm³/mol. The molecular formula is C34H49N7O4S. The second-order valence-corrected chi connectivity index (χ2v) is 17.4. The number of anilines is 3. The molecule has 46 heavy (non-hydrogen) atoms. The van der Waals surface area contributed by atoms with Crippen molar-refractivity contribution in [2.24, 2.45) is 5.73 Å². The molecule has 2 aliphatic rings. The van der Waals surface area contributed by atoms with Crippen LogP contribution in [0.2, 0.25) is 0 Å². The number of benzene rings is 1. The molecule has 0 spiro atoms. The van der Waals surface area contributed by atoms with Crippen LogP contribution in [0, 0.1) is 0 Å². The molecule has 3 aromatic rings. The van der Waals surface area contributed by atoms with Gasteiger partial charge in [-0.2, -0.15) is 0 Å². The van der Waals surface area contributed by atoms with Gasteiger partial charge < -0.3 is 30.0 Å². The van der Waals surface area contributed by atoms with Crippen LogP contribution >= 0.6 is 10.3 Å². The number of carboxylic acid groups (broad SMARTS) is 1. The lowest BCUT2D eigenvalue weighted by Crippen LogP contribution is -2.40. The number of nitrogens with two attached hydrogens (primary N) is 1. The van der Waals surface area contributed by atoms with Gasteiger partial charge in [0.05, 0.1) is 12.6 Å². The van der Waals surface area contributed by atoms with Gasteiger partial charge in [-0.15, -0.1) is 10.3 Å². The van der Waals surface area contributed by atoms with E-state index >= 15 is 0 Å². The Morgan fingerprint density at radius 3 is 2.48 bits per heavy atom. The quantitative estimate of drug-likeness (QED) is 0.235. The number of carboxylic acids is 1. The van der Waals surface area contributed by atoms with Gasteiger partial charge in [-0.05, 0) is 74.6 Å². The summed E-state index contributed by atoms with van der Waals surface area (Å²) in [7, 11) is -1.24. The molecule has 250 valence electrons. The van der Waals surface area contributed by atoms with Gasteiger partial charge in [0.1, 0.15) is 17.7 Å². The molecule has 0 radical (unpaired) electrons. The van der Waals surface area contributed by atoms with Crippen LogP contribution < -0.4 is 20.7 Å². The van der Waals surface area contributed by atoms with Gasteiger partial charge in [-0.1, -0.05) is 26.8 Å². The molecule has 11 nitrogen and oxygen atoms in total. The fourth-order valence-corrected chi connectivity index (χ4v) is 6.91. The maximum Gasteiger partial charge on any atom is 0.317 e. The molecule has 0 amide bonds. The second kappa shape index (κ2) is 14.5. The molecule has 1 aromatic carbocycles. The van der Waals surface area contributed by atoms with Crippen molar-refractivity contribution in [1.29, 1.82) is 0 Å². The van der Waals surface area contributed by atoms with E-state index in [4.69, 9.17) is 29.7 Å². The van der Waals surface area contributed by atoms with Crippen molar-refractivity contribution in [3.05, 3.63) is 55.0 Å². The topological polar surface area (TPSA) is 139 Å². The minimum absolute atomic E-state index is 0.0609. The maximum atomic E-state index is 11.0. The van der Waals surface area contributed by atoms with Gasteiger partial charge in [0, 0.05) is 66.3 Å². The van der Waals surface area contributed by atoms with Gasteiger partial charge in [0.25, 0.3) is 0 Å². The third kappa shape index (κ3) is 8.67. The largest absolute Gasteiger partial charge is 0.490 e. The Morgan fingerprint density at radius 1 is 1.07 bits per heavy atom. The van der Waals surface area contributed by atoms with E-state index < -0.39 is 16.3 Å². The lowest BCUT2D eigenvalue weighted by molar-refractivity contribution is -0.138. The van der Waals surface area contributed by atoms with E-state index in [-0.39, 0.29) is 29.5 Å². The van der Waals surface area contributed by atoms with Crippen molar-refractivity contribution in [2.45, 2.75) is 69.5 Å². The van der Waals surface area contributed by atoms with E-state index in [1.807, 2.05) is 53.7 Å². The van der Waals surface area contributed by atoms with Crippen LogP contribution in [0.1, 0.15) is 46.5 Å². The number of rotatable bonds is 12. The van der Waals surface area contributed by atoms with Crippen LogP contribution in [-0.4, -0.2) is 99.2 Å². The Labute approximate surface area is 274 Å². The van der Waals surface area contributed by atoms with Crippen LogP contribution in [0.3, 0.4) is 0 Å². The fraction of sp³-hybridized carbons (Fsp3) is 0.529. The number of hydrogen-bond donors (Lipinski definition) is 3. The molecule has 2 unspecified atom stereocenters. The Kier molecular flexibility index (Phi) is 10.7. The molecule has 2 fully saturated rings. The van der Waals surface area contributed by atoms with Crippen molar-refractivity contribution in [3.63, 3.8) is 0 Å². The summed E-state index contributed by atoms with van der Waals surface area (Å²) in [6.07, 6.45) is 13.6. The Balaban J connectivity index is 1.21. The molecule has 4 heterocycles. The van der Waals surface area contributed by atoms with Crippen LogP contribution in [0.15, 0.2) is 55.0 Å². The number of piperidine rings is 1. The van der Waals surface area contributed by atoms with Crippen molar-refractivity contribution in [2.75, 3.05) is 55.5 Å². The number of aliphatic carboxylic acids is 1. The SMILES string of the molecule is CC(C)(C)S(C)(C)OC1CC(CCN)N(c2ncc(-c3ccnc(Nc4cccc(OC5CCN(CC(=O)O)CC5)c4)c3)cn2)C1. The van der Waals surface area contributed by atoms with Crippen molar-refractivity contribution in [3.8, 4) is 16.9 Å². The van der Waals surface area contributed by atoms with Crippen LogP contribution in [0.25, 0.3) is 11.1 Å². The summed E-state index contributed by atoms with van der Waals surface area (Å²) in [6.45, 7) is 9.62. The number of ether oxygens (including phenoxy) is 1. The molecule has 2 saturated heterocycles. The predicted octanol–water partition coefficient (Wildman–Crippen LogP) is 5.30. The first-order valence-corrected chi connectivity index (χ1v) is 18.4. The number of pyridine rings is 1. The Hall–Kier alpha value is -3.45. The molecule has 0 aliphatic carbocycles. The van der Waals surface area contributed by atoms with Gasteiger partial charge in [0.2, 0.25) is 5.95 Å². The molecular weight excluding hydrogens is 602 g/mol. The fourth-order valence-electron chi connectivity index (χ4n) is 5.80. The molecule has 4 N–H and O–H groups in total. The van der Waals surface area contributed by atoms with Gasteiger partial charge >= 0.3 is 5.97 Å². The standard InChI is InChI=1S/C34H49N7O4S/c1-34(2,3)46(4,5)45-30-19-27(9-13-35)41(22-30)33-37-20-25(21-38-33)24-10-14-36-31(17-24)39-26-7-6-8-29(18-26)44-28-11-15-40(16-12-28)23-32(42)43/h6-8,10,14,17-18,20-21,27-28,30H,9,11-13,15-16,19,22-23,35H2,1-5H3,(H,36,39)(H,42,43). The average molecular weight is 652 g/mol. The highest BCUT2D eigenvalue weighted by Crippen LogP contribution is 2.55. The lowest BCUT2D eigenvalue weighted by atomic mass is 10.1. The highest BCUT2D eigenvalue weighted by Gasteiger charge is 2.39. The first kappa shape index (κ1) is 33.9. The monoisotopic (exact) mass is 651 g/mol. The first-order valence-electron chi connectivity index (χ1n) is 16.0. The minimum Gasteiger partial charge on any atom is -0.490 e. The van der Waals surface area contributed by atoms with Crippen molar-refractivity contribution < 1.29 is 18.8 Å². The molecule has 0 bridgehead atoms. The smallest absolute Gasteiger partial charge is 0.317 e. The summed E-state index contributed by atoms with van der Waals surface area (Å²) in [5.74, 6) is 1.38. The molecule has 2 atom stereocenters. The lowest BCUT2D eigenvalue weighted by Gasteiger charge is -2.45. The van der Waals surface area contributed by atoms with Crippen LogP contribution in [-0.2, 0) is 8.98 Å². The second-order valence-electron chi connectivity index (χ2n) is 13.5. The van der Waals surface area contributed by atoms with E-state index in [2.05, 4.69) is 48.5 Å². The number of likely N-dealkylation sites (tertiary alicyclic amines) is 1. The van der Waals surface area contributed by atoms with E-state index in [0.29, 0.717) is 31.4 Å². The van der Waals surface area contributed by atoms with Gasteiger partial charge in [-0.25, -0.2) is 15.0 Å². The molecule has 2 aromatic heterocycles. The number of aromatic nitrogens is 3. The maximum absolute atomic E-state index is 11.0. The van der Waals surface area contributed by atoms with E-state index in [0.717, 1.165) is 54.8 Å². The molecule has 5 rings (SSSR count). The Bertz CT molecular complexity index is 1460. The summed E-state index contributed by atoms with van der Waals surface area (Å²) in [5.41, 5.74) is 8.72. The van der Waals surface area contributed by atoms with Crippen molar-refractivity contribution >= 4 is 33.7 Å². The highest BCUT2D eigenvalue weighted by atomic mass is 32.3. The minimum atomic E-state index is -1.24. The van der Waals surface area contributed by atoms with Gasteiger partial charge in [0.15, 0.2) is 0 Å². The average Bonchev–Trinajstić information content (AvgIpc) is 3.39. The number of hydrogen-bond acceptors (Lipinski definition) is 10. The van der Waals surface area contributed by atoms with Crippen LogP contribution in [0.5, 0.6) is 5.75 Å². The summed E-state index contributed by atoms with van der Waals surface area (Å²) in [4.78, 5) is 29.3. The number of carbonyl (C=O) groups is 1. The van der Waals surface area contributed by atoms with Gasteiger partial charge in [-0.3, -0.25) is 9.69 Å². The van der Waals surface area contributed by atoms with E-state index in [1.165, 1.54) is 0 Å². The third-order valence-electron chi connectivity index (χ3n) is 9.02. The Morgan fingerprint density at radius 2 is 1.80 bits per heavy atom. The molecule has 0 saturated carbocycles. The normalized spacial score (nSPS) is 20.1. The zero-order valence-electron chi connectivity index (χ0n) is 27.7. The van der Waals surface area contributed by atoms with E-state index in [9.17, 15) is 4.79 Å². The summed E-state index contributed by atoms with van der Waals surface area (Å²) in [6, 6.07) is 12.0. The highest BCUT2D eigenvalue weighted by molar-refractivity contribution is 8.29. The zero-order chi connectivity index (χ0) is 32.9. The van der Waals surface area contributed by atoms with Crippen LogP contribution in [0.4, 0.5) is 17.5 Å². The molecule has 2 aliphatic heterocycles. The first-order chi connectivity index (χ1) is 21.9. The number of nitrogens with zero attached hydrogens (tertiary/aromatic N) is 5. The molecule has 12 heteroatoms. The third-order valence-corrected chi connectivity index (χ3v) is 12.7. The summed E-state index contributed by atoms with van der Waals surface area (Å²) < 4.78 is 13.0.